The van der Waals surface area contributed by atoms with Gasteiger partial charge in [0.1, 0.15) is 0 Å². The van der Waals surface area contributed by atoms with Gasteiger partial charge in [-0.25, -0.2) is 0 Å². The Bertz CT molecular complexity index is 580. The molecule has 1 unspecified atom stereocenters. The Kier molecular flexibility index (Phi) is 6.68. The van der Waals surface area contributed by atoms with Crippen LogP contribution in [0.4, 0.5) is 0 Å². The van der Waals surface area contributed by atoms with Gasteiger partial charge < -0.3 is 14.9 Å². The zero-order valence-electron chi connectivity index (χ0n) is 16.1. The number of carbonyl (C=O) groups is 1. The van der Waals surface area contributed by atoms with Gasteiger partial charge in [-0.05, 0) is 44.8 Å². The first-order valence-corrected chi connectivity index (χ1v) is 9.94. The molecule has 5 nitrogen and oxygen atoms in total. The van der Waals surface area contributed by atoms with Crippen LogP contribution in [0.2, 0.25) is 0 Å². The highest BCUT2D eigenvalue weighted by atomic mass is 16.3. The van der Waals surface area contributed by atoms with E-state index in [4.69, 9.17) is 5.11 Å². The molecule has 2 heterocycles. The molecule has 0 saturated carbocycles. The molecule has 1 N–H and O–H groups in total. The summed E-state index contributed by atoms with van der Waals surface area (Å²) in [7, 11) is 1.89. The fraction of sp³-hybridized carbons (Fsp3) is 0.667. The summed E-state index contributed by atoms with van der Waals surface area (Å²) < 4.78 is 0. The van der Waals surface area contributed by atoms with E-state index >= 15 is 0 Å². The Labute approximate surface area is 157 Å². The van der Waals surface area contributed by atoms with E-state index in [1.807, 2.05) is 11.9 Å². The summed E-state index contributed by atoms with van der Waals surface area (Å²) in [6.07, 6.45) is 4.71. The molecule has 2 aliphatic rings. The van der Waals surface area contributed by atoms with Gasteiger partial charge in [-0.2, -0.15) is 0 Å². The molecule has 2 fully saturated rings. The lowest BCUT2D eigenvalue weighted by molar-refractivity contribution is -0.131. The Hall–Kier alpha value is -1.43. The predicted octanol–water partition coefficient (Wildman–Crippen LogP) is 1.47. The van der Waals surface area contributed by atoms with Crippen LogP contribution in [0.1, 0.15) is 24.8 Å². The van der Waals surface area contributed by atoms with Crippen LogP contribution in [0.5, 0.6) is 0 Å². The van der Waals surface area contributed by atoms with Crippen molar-refractivity contribution in [3.8, 4) is 0 Å². The molecular formula is C21H33N3O2. The van der Waals surface area contributed by atoms with Crippen molar-refractivity contribution in [2.24, 2.45) is 5.41 Å². The second kappa shape index (κ2) is 8.98. The summed E-state index contributed by atoms with van der Waals surface area (Å²) >= 11 is 0. The van der Waals surface area contributed by atoms with E-state index < -0.39 is 0 Å². The average Bonchev–Trinajstić information content (AvgIpc) is 3.04. The largest absolute Gasteiger partial charge is 0.395 e. The second-order valence-corrected chi connectivity index (χ2v) is 8.14. The van der Waals surface area contributed by atoms with Crippen LogP contribution in [0, 0.1) is 5.41 Å². The van der Waals surface area contributed by atoms with Gasteiger partial charge in [0.25, 0.3) is 0 Å². The summed E-state index contributed by atoms with van der Waals surface area (Å²) in [6, 6.07) is 10.7. The van der Waals surface area contributed by atoms with Crippen molar-refractivity contribution in [3.05, 3.63) is 35.9 Å². The van der Waals surface area contributed by atoms with E-state index in [-0.39, 0.29) is 12.5 Å². The summed E-state index contributed by atoms with van der Waals surface area (Å²) in [5.74, 6) is 0.208. The van der Waals surface area contributed by atoms with E-state index in [1.54, 1.807) is 0 Å². The molecule has 0 aliphatic carbocycles. The molecule has 0 aromatic heterocycles. The third-order valence-electron chi connectivity index (χ3n) is 5.98. The predicted molar refractivity (Wildman–Crippen MR) is 104 cm³/mol. The smallest absolute Gasteiger partial charge is 0.236 e. The number of likely N-dealkylation sites (tertiary alicyclic amines) is 2. The molecule has 1 aromatic carbocycles. The van der Waals surface area contributed by atoms with E-state index in [2.05, 4.69) is 40.1 Å². The van der Waals surface area contributed by atoms with Crippen molar-refractivity contribution in [3.63, 3.8) is 0 Å². The van der Waals surface area contributed by atoms with Gasteiger partial charge in [0.2, 0.25) is 5.91 Å². The van der Waals surface area contributed by atoms with Crippen molar-refractivity contribution in [1.82, 2.24) is 14.7 Å². The molecule has 0 radical (unpaired) electrons. The zero-order valence-corrected chi connectivity index (χ0v) is 16.1. The molecule has 1 atom stereocenters. The quantitative estimate of drug-likeness (QED) is 0.801. The van der Waals surface area contributed by atoms with Crippen LogP contribution in [-0.2, 0) is 11.2 Å². The van der Waals surface area contributed by atoms with Crippen LogP contribution in [0.25, 0.3) is 0 Å². The monoisotopic (exact) mass is 359 g/mol. The maximum absolute atomic E-state index is 12.5. The number of nitrogens with zero attached hydrogens (tertiary/aromatic N) is 3. The standard InChI is InChI=1S/C21H33N3O2/c1-22(14-15-25)16-20(26)24-13-10-21(18-24)9-5-11-23(17-21)12-8-19-6-3-2-4-7-19/h2-4,6-7,25H,5,8-18H2,1H3. The lowest BCUT2D eigenvalue weighted by Gasteiger charge is -2.40. The SMILES string of the molecule is CN(CCO)CC(=O)N1CCC2(CCCN(CCc3ccccc3)C2)C1. The van der Waals surface area contributed by atoms with Crippen molar-refractivity contribution < 1.29 is 9.90 Å². The first kappa shape index (κ1) is 19.3. The first-order chi connectivity index (χ1) is 12.6. The van der Waals surface area contributed by atoms with Crippen LogP contribution in [0.3, 0.4) is 0 Å². The van der Waals surface area contributed by atoms with E-state index in [1.165, 1.54) is 24.9 Å². The number of aliphatic hydroxyl groups excluding tert-OH is 1. The maximum Gasteiger partial charge on any atom is 0.236 e. The maximum atomic E-state index is 12.5. The molecule has 5 heteroatoms. The Morgan fingerprint density at radius 2 is 2.00 bits per heavy atom. The number of piperidine rings is 1. The number of amides is 1. The topological polar surface area (TPSA) is 47.0 Å². The van der Waals surface area contributed by atoms with Gasteiger partial charge >= 0.3 is 0 Å². The molecule has 2 aliphatic heterocycles. The van der Waals surface area contributed by atoms with Crippen LogP contribution in [0.15, 0.2) is 30.3 Å². The molecule has 26 heavy (non-hydrogen) atoms. The Morgan fingerprint density at radius 1 is 1.19 bits per heavy atom. The minimum Gasteiger partial charge on any atom is -0.395 e. The Morgan fingerprint density at radius 3 is 2.77 bits per heavy atom. The molecule has 2 saturated heterocycles. The molecule has 1 aromatic rings. The molecule has 0 bridgehead atoms. The van der Waals surface area contributed by atoms with Crippen molar-refractivity contribution in [2.45, 2.75) is 25.7 Å². The molecular weight excluding hydrogens is 326 g/mol. The van der Waals surface area contributed by atoms with Gasteiger partial charge in [0.05, 0.1) is 13.2 Å². The van der Waals surface area contributed by atoms with E-state index in [0.717, 1.165) is 39.0 Å². The fourth-order valence-electron chi connectivity index (χ4n) is 4.49. The van der Waals surface area contributed by atoms with Crippen LogP contribution in [-0.4, -0.2) is 85.2 Å². The lowest BCUT2D eigenvalue weighted by Crippen LogP contribution is -2.46. The van der Waals surface area contributed by atoms with E-state index in [0.29, 0.717) is 18.5 Å². The summed E-state index contributed by atoms with van der Waals surface area (Å²) in [6.45, 7) is 6.27. The zero-order chi connectivity index (χ0) is 18.4. The number of hydrogen-bond acceptors (Lipinski definition) is 4. The number of aliphatic hydroxyl groups is 1. The minimum absolute atomic E-state index is 0.101. The van der Waals surface area contributed by atoms with Crippen molar-refractivity contribution in [2.75, 3.05) is 59.5 Å². The van der Waals surface area contributed by atoms with Gasteiger partial charge in [-0.15, -0.1) is 0 Å². The Balaban J connectivity index is 1.50. The fourth-order valence-corrected chi connectivity index (χ4v) is 4.49. The minimum atomic E-state index is 0.101. The van der Waals surface area contributed by atoms with Crippen molar-refractivity contribution >= 4 is 5.91 Å². The van der Waals surface area contributed by atoms with E-state index in [9.17, 15) is 4.79 Å². The number of hydrogen-bond donors (Lipinski definition) is 1. The third-order valence-corrected chi connectivity index (χ3v) is 5.98. The van der Waals surface area contributed by atoms with Crippen LogP contribution >= 0.6 is 0 Å². The summed E-state index contributed by atoms with van der Waals surface area (Å²) in [5.41, 5.74) is 1.70. The third kappa shape index (κ3) is 5.06. The molecule has 3 rings (SSSR count). The first-order valence-electron chi connectivity index (χ1n) is 9.94. The van der Waals surface area contributed by atoms with Crippen LogP contribution < -0.4 is 0 Å². The number of carbonyl (C=O) groups excluding carboxylic acids is 1. The average molecular weight is 360 g/mol. The van der Waals surface area contributed by atoms with Crippen molar-refractivity contribution in [1.29, 1.82) is 0 Å². The number of benzene rings is 1. The highest BCUT2D eigenvalue weighted by Gasteiger charge is 2.42. The molecule has 1 amide bonds. The highest BCUT2D eigenvalue weighted by Crippen LogP contribution is 2.39. The highest BCUT2D eigenvalue weighted by molar-refractivity contribution is 5.78. The second-order valence-electron chi connectivity index (χ2n) is 8.14. The summed E-state index contributed by atoms with van der Waals surface area (Å²) in [4.78, 5) is 19.1. The number of rotatable bonds is 7. The summed E-state index contributed by atoms with van der Waals surface area (Å²) in [5, 5.41) is 9.00. The number of likely N-dealkylation sites (N-methyl/N-ethyl adjacent to an activating group) is 1. The molecule has 1 spiro atoms. The van der Waals surface area contributed by atoms with Gasteiger partial charge in [0, 0.05) is 38.1 Å². The normalized spacial score (nSPS) is 23.9. The lowest BCUT2D eigenvalue weighted by atomic mass is 9.79. The van der Waals surface area contributed by atoms with Gasteiger partial charge in [0.15, 0.2) is 0 Å². The van der Waals surface area contributed by atoms with Gasteiger partial charge in [-0.1, -0.05) is 30.3 Å². The van der Waals surface area contributed by atoms with Gasteiger partial charge in [-0.3, -0.25) is 9.69 Å². The molecule has 144 valence electrons.